The quantitative estimate of drug-likeness (QED) is 0.783. The normalized spacial score (nSPS) is 19.8. The molecule has 1 aliphatic rings. The van der Waals surface area contributed by atoms with Crippen molar-refractivity contribution in [3.05, 3.63) is 53.1 Å². The minimum atomic E-state index is 0.216. The van der Waals surface area contributed by atoms with Crippen molar-refractivity contribution in [3.8, 4) is 16.9 Å². The third-order valence-electron chi connectivity index (χ3n) is 4.14. The Bertz CT molecular complexity index is 671. The van der Waals surface area contributed by atoms with E-state index in [4.69, 9.17) is 16.3 Å². The van der Waals surface area contributed by atoms with Gasteiger partial charge in [-0.2, -0.15) is 0 Å². The molecule has 3 heteroatoms. The predicted octanol–water partition coefficient (Wildman–Crippen LogP) is 4.92. The van der Waals surface area contributed by atoms with Gasteiger partial charge in [0.15, 0.2) is 0 Å². The van der Waals surface area contributed by atoms with E-state index >= 15 is 0 Å². The summed E-state index contributed by atoms with van der Waals surface area (Å²) in [6.07, 6.45) is 0.967. The maximum absolute atomic E-state index is 11.2. The zero-order valence-electron chi connectivity index (χ0n) is 12.8. The summed E-state index contributed by atoms with van der Waals surface area (Å²) in [6.45, 7) is 4.32. The van der Waals surface area contributed by atoms with Gasteiger partial charge in [0.1, 0.15) is 11.5 Å². The molecule has 2 atom stereocenters. The van der Waals surface area contributed by atoms with E-state index in [9.17, 15) is 4.79 Å². The van der Waals surface area contributed by atoms with Gasteiger partial charge in [0, 0.05) is 16.9 Å². The van der Waals surface area contributed by atoms with E-state index in [0.717, 1.165) is 33.9 Å². The molecule has 22 heavy (non-hydrogen) atoms. The van der Waals surface area contributed by atoms with Gasteiger partial charge in [-0.25, -0.2) is 0 Å². The highest BCUT2D eigenvalue weighted by Gasteiger charge is 2.41. The molecule has 1 aliphatic carbocycles. The molecular weight excluding hydrogens is 296 g/mol. The molecule has 2 unspecified atom stereocenters. The summed E-state index contributed by atoms with van der Waals surface area (Å²) in [5.74, 6) is 1.73. The number of rotatable bonds is 5. The summed E-state index contributed by atoms with van der Waals surface area (Å²) in [5, 5.41) is 0.749. The lowest BCUT2D eigenvalue weighted by atomic mass is 10.0. The molecule has 2 nitrogen and oxygen atoms in total. The topological polar surface area (TPSA) is 26.3 Å². The Morgan fingerprint density at radius 2 is 1.91 bits per heavy atom. The van der Waals surface area contributed by atoms with Crippen LogP contribution in [-0.4, -0.2) is 12.4 Å². The molecule has 1 fully saturated rings. The smallest absolute Gasteiger partial charge is 0.133 e. The number of hydrogen-bond acceptors (Lipinski definition) is 2. The molecule has 0 heterocycles. The van der Waals surface area contributed by atoms with E-state index < -0.39 is 0 Å². The van der Waals surface area contributed by atoms with Crippen LogP contribution in [-0.2, 0) is 4.79 Å². The van der Waals surface area contributed by atoms with Crippen molar-refractivity contribution in [2.45, 2.75) is 20.3 Å². The lowest BCUT2D eigenvalue weighted by molar-refractivity contribution is -0.118. The first-order valence-electron chi connectivity index (χ1n) is 7.54. The van der Waals surface area contributed by atoms with E-state index in [1.54, 1.807) is 6.92 Å². The van der Waals surface area contributed by atoms with Gasteiger partial charge >= 0.3 is 0 Å². The van der Waals surface area contributed by atoms with Crippen LogP contribution in [0.2, 0.25) is 5.02 Å². The molecule has 0 saturated heterocycles. The average molecular weight is 315 g/mol. The molecule has 0 aliphatic heterocycles. The van der Waals surface area contributed by atoms with Crippen LogP contribution in [0.4, 0.5) is 0 Å². The molecule has 114 valence electrons. The zero-order valence-corrected chi connectivity index (χ0v) is 13.6. The van der Waals surface area contributed by atoms with Crippen LogP contribution in [0.15, 0.2) is 42.5 Å². The number of carbonyl (C=O) groups excluding carboxylic acids is 1. The van der Waals surface area contributed by atoms with Crippen LogP contribution in [0.5, 0.6) is 5.75 Å². The molecule has 0 amide bonds. The molecule has 1 saturated carbocycles. The lowest BCUT2D eigenvalue weighted by Gasteiger charge is -2.08. The van der Waals surface area contributed by atoms with Gasteiger partial charge in [-0.15, -0.1) is 0 Å². The van der Waals surface area contributed by atoms with E-state index in [1.807, 2.05) is 43.3 Å². The van der Waals surface area contributed by atoms with E-state index in [2.05, 4.69) is 6.07 Å². The summed E-state index contributed by atoms with van der Waals surface area (Å²) < 4.78 is 5.77. The highest BCUT2D eigenvalue weighted by atomic mass is 35.5. The Morgan fingerprint density at radius 3 is 2.50 bits per heavy atom. The average Bonchev–Trinajstić information content (AvgIpc) is 3.24. The number of ketones is 1. The van der Waals surface area contributed by atoms with Crippen molar-refractivity contribution in [3.63, 3.8) is 0 Å². The molecule has 2 aromatic rings. The highest BCUT2D eigenvalue weighted by molar-refractivity contribution is 6.30. The summed E-state index contributed by atoms with van der Waals surface area (Å²) >= 11 is 6.11. The molecule has 0 N–H and O–H groups in total. The van der Waals surface area contributed by atoms with Gasteiger partial charge in [0.05, 0.1) is 6.61 Å². The van der Waals surface area contributed by atoms with Crippen LogP contribution >= 0.6 is 11.6 Å². The predicted molar refractivity (Wildman–Crippen MR) is 89.4 cm³/mol. The van der Waals surface area contributed by atoms with Crippen molar-refractivity contribution in [2.24, 2.45) is 11.8 Å². The molecule has 3 rings (SSSR count). The van der Waals surface area contributed by atoms with Gasteiger partial charge in [0.2, 0.25) is 0 Å². The van der Waals surface area contributed by atoms with Crippen LogP contribution in [0.25, 0.3) is 11.1 Å². The zero-order chi connectivity index (χ0) is 15.7. The summed E-state index contributed by atoms with van der Waals surface area (Å²) in [5.41, 5.74) is 3.37. The second kappa shape index (κ2) is 6.13. The third-order valence-corrected chi connectivity index (χ3v) is 4.36. The number of hydrogen-bond donors (Lipinski definition) is 0. The first kappa shape index (κ1) is 15.1. The summed E-state index contributed by atoms with van der Waals surface area (Å²) in [6, 6.07) is 14.0. The third kappa shape index (κ3) is 3.50. The monoisotopic (exact) mass is 314 g/mol. The minimum Gasteiger partial charge on any atom is -0.493 e. The van der Waals surface area contributed by atoms with Crippen molar-refractivity contribution >= 4 is 17.4 Å². The number of carbonyl (C=O) groups is 1. The Hall–Kier alpha value is -1.80. The molecule has 2 aromatic carbocycles. The largest absolute Gasteiger partial charge is 0.493 e. The van der Waals surface area contributed by atoms with Gasteiger partial charge < -0.3 is 4.74 Å². The maximum Gasteiger partial charge on any atom is 0.133 e. The molecule has 0 bridgehead atoms. The van der Waals surface area contributed by atoms with Crippen LogP contribution in [0.1, 0.15) is 18.9 Å². The first-order chi connectivity index (χ1) is 10.5. The molecular formula is C19H19ClO2. The Balaban J connectivity index is 1.64. The number of Topliss-reactive ketones (excluding diaryl/α,β-unsaturated/α-hetero) is 1. The second-order valence-corrected chi connectivity index (χ2v) is 6.50. The Kier molecular flexibility index (Phi) is 4.21. The van der Waals surface area contributed by atoms with E-state index in [-0.39, 0.29) is 11.7 Å². The molecule has 0 spiro atoms. The van der Waals surface area contributed by atoms with Gasteiger partial charge in [0.25, 0.3) is 0 Å². The van der Waals surface area contributed by atoms with Gasteiger partial charge in [-0.3, -0.25) is 4.79 Å². The Morgan fingerprint density at radius 1 is 1.18 bits per heavy atom. The van der Waals surface area contributed by atoms with Gasteiger partial charge in [-0.05, 0) is 61.2 Å². The summed E-state index contributed by atoms with van der Waals surface area (Å²) in [4.78, 5) is 11.2. The lowest BCUT2D eigenvalue weighted by Crippen LogP contribution is -2.04. The fraction of sp³-hybridized carbons (Fsp3) is 0.316. The number of ether oxygens (including phenoxy) is 1. The van der Waals surface area contributed by atoms with Crippen molar-refractivity contribution in [1.29, 1.82) is 0 Å². The van der Waals surface area contributed by atoms with E-state index in [1.165, 1.54) is 0 Å². The highest BCUT2D eigenvalue weighted by Crippen LogP contribution is 2.39. The fourth-order valence-corrected chi connectivity index (χ4v) is 3.07. The fourth-order valence-electron chi connectivity index (χ4n) is 2.78. The standard InChI is InChI=1S/C19H19ClO2/c1-12-7-15(9-17(20)8-12)14-3-5-18(6-4-14)22-11-16-10-19(16)13(2)21/h3-9,16,19H,10-11H2,1-2H3. The summed E-state index contributed by atoms with van der Waals surface area (Å²) in [7, 11) is 0. The number of benzene rings is 2. The first-order valence-corrected chi connectivity index (χ1v) is 7.91. The van der Waals surface area contributed by atoms with Crippen molar-refractivity contribution in [2.75, 3.05) is 6.61 Å². The van der Waals surface area contributed by atoms with Crippen LogP contribution in [0, 0.1) is 18.8 Å². The van der Waals surface area contributed by atoms with E-state index in [0.29, 0.717) is 12.5 Å². The van der Waals surface area contributed by atoms with Crippen LogP contribution < -0.4 is 4.74 Å². The Labute approximate surface area is 136 Å². The van der Waals surface area contributed by atoms with Gasteiger partial charge in [-0.1, -0.05) is 29.8 Å². The van der Waals surface area contributed by atoms with Crippen molar-refractivity contribution < 1.29 is 9.53 Å². The number of aryl methyl sites for hydroxylation is 1. The second-order valence-electron chi connectivity index (χ2n) is 6.07. The molecule has 0 aromatic heterocycles. The minimum absolute atomic E-state index is 0.216. The maximum atomic E-state index is 11.2. The van der Waals surface area contributed by atoms with Crippen molar-refractivity contribution in [1.82, 2.24) is 0 Å². The SMILES string of the molecule is CC(=O)C1CC1COc1ccc(-c2cc(C)cc(Cl)c2)cc1. The number of halogens is 1. The molecule has 0 radical (unpaired) electrons. The van der Waals surface area contributed by atoms with Crippen LogP contribution in [0.3, 0.4) is 0 Å².